The summed E-state index contributed by atoms with van der Waals surface area (Å²) >= 11 is 0. The van der Waals surface area contributed by atoms with Crippen molar-refractivity contribution >= 4 is 29.9 Å². The van der Waals surface area contributed by atoms with Crippen LogP contribution in [0.1, 0.15) is 26.2 Å². The quantitative estimate of drug-likeness (QED) is 0.245. The van der Waals surface area contributed by atoms with Crippen LogP contribution in [-0.2, 0) is 9.47 Å². The number of guanidine groups is 1. The average Bonchev–Trinajstić information content (AvgIpc) is 3.32. The Hall–Kier alpha value is -0.120. The van der Waals surface area contributed by atoms with Crippen molar-refractivity contribution in [1.82, 2.24) is 15.5 Å². The van der Waals surface area contributed by atoms with E-state index in [-0.39, 0.29) is 30.1 Å². The van der Waals surface area contributed by atoms with E-state index in [2.05, 4.69) is 34.5 Å². The lowest BCUT2D eigenvalue weighted by Gasteiger charge is -2.29. The molecule has 1 saturated heterocycles. The minimum Gasteiger partial charge on any atom is -0.381 e. The Balaban J connectivity index is 0.00000264. The van der Waals surface area contributed by atoms with Gasteiger partial charge in [0.25, 0.3) is 0 Å². The molecule has 1 atom stereocenters. The van der Waals surface area contributed by atoms with Crippen molar-refractivity contribution < 1.29 is 9.47 Å². The average molecular weight is 440 g/mol. The number of aliphatic imine (C=N–C) groups is 1. The number of nitrogens with zero attached hydrogens (tertiary/aromatic N) is 2. The monoisotopic (exact) mass is 440 g/mol. The first-order valence-corrected chi connectivity index (χ1v) is 8.68. The summed E-state index contributed by atoms with van der Waals surface area (Å²) in [6.45, 7) is 9.10. The smallest absolute Gasteiger partial charge is 0.191 e. The van der Waals surface area contributed by atoms with Gasteiger partial charge in [-0.15, -0.1) is 24.0 Å². The summed E-state index contributed by atoms with van der Waals surface area (Å²) in [6.07, 6.45) is 3.93. The molecule has 2 fully saturated rings. The third kappa shape index (κ3) is 9.69. The molecule has 7 heteroatoms. The van der Waals surface area contributed by atoms with Crippen molar-refractivity contribution in [2.24, 2.45) is 10.9 Å². The molecule has 6 nitrogen and oxygen atoms in total. The second-order valence-electron chi connectivity index (χ2n) is 6.27. The van der Waals surface area contributed by atoms with E-state index in [1.807, 2.05) is 0 Å². The van der Waals surface area contributed by atoms with Crippen molar-refractivity contribution in [3.63, 3.8) is 0 Å². The van der Waals surface area contributed by atoms with Gasteiger partial charge < -0.3 is 25.0 Å². The minimum atomic E-state index is 0. The minimum absolute atomic E-state index is 0. The summed E-state index contributed by atoms with van der Waals surface area (Å²) in [7, 11) is 2.13. The molecule has 0 spiro atoms. The van der Waals surface area contributed by atoms with E-state index >= 15 is 0 Å². The van der Waals surface area contributed by atoms with Gasteiger partial charge in [0.05, 0.1) is 19.3 Å². The van der Waals surface area contributed by atoms with Crippen LogP contribution in [0.2, 0.25) is 0 Å². The molecular weight excluding hydrogens is 407 g/mol. The molecule has 0 aromatic rings. The van der Waals surface area contributed by atoms with Gasteiger partial charge in [0.2, 0.25) is 0 Å². The number of hydrogen-bond donors (Lipinski definition) is 2. The highest BCUT2D eigenvalue weighted by molar-refractivity contribution is 14.0. The predicted molar refractivity (Wildman–Crippen MR) is 105 cm³/mol. The van der Waals surface area contributed by atoms with Gasteiger partial charge in [-0.2, -0.15) is 0 Å². The van der Waals surface area contributed by atoms with Crippen molar-refractivity contribution in [2.75, 3.05) is 59.6 Å². The summed E-state index contributed by atoms with van der Waals surface area (Å²) in [5.74, 6) is 1.72. The van der Waals surface area contributed by atoms with Crippen LogP contribution in [0.15, 0.2) is 4.99 Å². The Morgan fingerprint density at radius 3 is 2.87 bits per heavy atom. The van der Waals surface area contributed by atoms with E-state index < -0.39 is 0 Å². The Morgan fingerprint density at radius 1 is 1.35 bits per heavy atom. The molecule has 1 aliphatic heterocycles. The first kappa shape index (κ1) is 20.9. The molecule has 136 valence electrons. The molecule has 0 aromatic carbocycles. The van der Waals surface area contributed by atoms with E-state index in [9.17, 15) is 0 Å². The number of rotatable bonds is 9. The largest absolute Gasteiger partial charge is 0.381 e. The number of ether oxygens (including phenoxy) is 2. The van der Waals surface area contributed by atoms with Crippen LogP contribution in [0, 0.1) is 5.92 Å². The molecule has 23 heavy (non-hydrogen) atoms. The van der Waals surface area contributed by atoms with Crippen molar-refractivity contribution in [2.45, 2.75) is 32.3 Å². The normalized spacial score (nSPS) is 22.5. The highest BCUT2D eigenvalue weighted by Gasteiger charge is 2.20. The molecule has 1 saturated carbocycles. The standard InChI is InChI=1S/C16H32N4O2.HI/c1-3-17-16(18-7-4-9-21-13-14-5-6-14)19-11-15-12-20(2)8-10-22-15;/h14-15H,3-13H2,1-2H3,(H2,17,18,19);1H. The van der Waals surface area contributed by atoms with E-state index in [4.69, 9.17) is 9.47 Å². The maximum atomic E-state index is 5.74. The SMILES string of the molecule is CCNC(=NCC1CN(C)CCO1)NCCCOCC1CC1.I. The Bertz CT molecular complexity index is 340. The zero-order valence-electron chi connectivity index (χ0n) is 14.6. The zero-order valence-corrected chi connectivity index (χ0v) is 16.9. The van der Waals surface area contributed by atoms with Gasteiger partial charge in [-0.05, 0) is 39.2 Å². The van der Waals surface area contributed by atoms with E-state index in [1.54, 1.807) is 0 Å². The van der Waals surface area contributed by atoms with Crippen LogP contribution in [0.3, 0.4) is 0 Å². The van der Waals surface area contributed by atoms with Gasteiger partial charge in [0.1, 0.15) is 0 Å². The molecule has 0 radical (unpaired) electrons. The van der Waals surface area contributed by atoms with Gasteiger partial charge in [0.15, 0.2) is 5.96 Å². The van der Waals surface area contributed by atoms with Gasteiger partial charge in [-0.3, -0.25) is 4.99 Å². The van der Waals surface area contributed by atoms with Crippen LogP contribution < -0.4 is 10.6 Å². The van der Waals surface area contributed by atoms with Crippen LogP contribution in [-0.4, -0.2) is 76.6 Å². The number of nitrogens with one attached hydrogen (secondary N) is 2. The number of hydrogen-bond acceptors (Lipinski definition) is 4. The molecule has 0 amide bonds. The molecular formula is C16H33IN4O2. The molecule has 0 aromatic heterocycles. The fourth-order valence-corrected chi connectivity index (χ4v) is 2.43. The third-order valence-electron chi connectivity index (χ3n) is 3.95. The zero-order chi connectivity index (χ0) is 15.6. The highest BCUT2D eigenvalue weighted by atomic mass is 127. The maximum Gasteiger partial charge on any atom is 0.191 e. The lowest BCUT2D eigenvalue weighted by Crippen LogP contribution is -2.43. The highest BCUT2D eigenvalue weighted by Crippen LogP contribution is 2.28. The van der Waals surface area contributed by atoms with Gasteiger partial charge in [-0.25, -0.2) is 0 Å². The Labute approximate surface area is 157 Å². The van der Waals surface area contributed by atoms with Crippen molar-refractivity contribution in [1.29, 1.82) is 0 Å². The van der Waals surface area contributed by atoms with Crippen molar-refractivity contribution in [3.8, 4) is 0 Å². The van der Waals surface area contributed by atoms with E-state index in [0.717, 1.165) is 64.3 Å². The van der Waals surface area contributed by atoms with Gasteiger partial charge in [0, 0.05) is 39.4 Å². The predicted octanol–water partition coefficient (Wildman–Crippen LogP) is 1.31. The number of halogens is 1. The lowest BCUT2D eigenvalue weighted by atomic mass is 10.3. The fraction of sp³-hybridized carbons (Fsp3) is 0.938. The number of likely N-dealkylation sites (N-methyl/N-ethyl adjacent to an activating group) is 1. The van der Waals surface area contributed by atoms with Crippen LogP contribution in [0.25, 0.3) is 0 Å². The number of morpholine rings is 1. The maximum absolute atomic E-state index is 5.74. The summed E-state index contributed by atoms with van der Waals surface area (Å²) in [5, 5.41) is 6.65. The molecule has 2 N–H and O–H groups in total. The van der Waals surface area contributed by atoms with Crippen LogP contribution in [0.4, 0.5) is 0 Å². The summed E-state index contributed by atoms with van der Waals surface area (Å²) in [4.78, 5) is 6.92. The third-order valence-corrected chi connectivity index (χ3v) is 3.95. The molecule has 2 aliphatic rings. The summed E-state index contributed by atoms with van der Waals surface area (Å²) in [5.41, 5.74) is 0. The van der Waals surface area contributed by atoms with Crippen LogP contribution >= 0.6 is 24.0 Å². The fourth-order valence-electron chi connectivity index (χ4n) is 2.43. The van der Waals surface area contributed by atoms with Gasteiger partial charge in [-0.1, -0.05) is 0 Å². The lowest BCUT2D eigenvalue weighted by molar-refractivity contribution is -0.0136. The van der Waals surface area contributed by atoms with E-state index in [0.29, 0.717) is 6.54 Å². The summed E-state index contributed by atoms with van der Waals surface area (Å²) in [6, 6.07) is 0. The first-order chi connectivity index (χ1) is 10.8. The molecule has 2 rings (SSSR count). The first-order valence-electron chi connectivity index (χ1n) is 8.68. The van der Waals surface area contributed by atoms with Crippen LogP contribution in [0.5, 0.6) is 0 Å². The summed E-state index contributed by atoms with van der Waals surface area (Å²) < 4.78 is 11.4. The topological polar surface area (TPSA) is 58.1 Å². The Morgan fingerprint density at radius 2 is 2.17 bits per heavy atom. The second-order valence-corrected chi connectivity index (χ2v) is 6.27. The molecule has 1 unspecified atom stereocenters. The van der Waals surface area contributed by atoms with Crippen molar-refractivity contribution in [3.05, 3.63) is 0 Å². The van der Waals surface area contributed by atoms with E-state index in [1.165, 1.54) is 12.8 Å². The molecule has 1 aliphatic carbocycles. The Kier molecular flexibility index (Phi) is 11.2. The second kappa shape index (κ2) is 12.3. The van der Waals surface area contributed by atoms with Gasteiger partial charge >= 0.3 is 0 Å². The molecule has 1 heterocycles. The molecule has 0 bridgehead atoms.